The van der Waals surface area contributed by atoms with Gasteiger partial charge >= 0.3 is 0 Å². The molecule has 1 heterocycles. The van der Waals surface area contributed by atoms with E-state index in [1.807, 2.05) is 0 Å². The van der Waals surface area contributed by atoms with Gasteiger partial charge in [-0.15, -0.1) is 0 Å². The van der Waals surface area contributed by atoms with Gasteiger partial charge in [0.2, 0.25) is 5.13 Å². The Morgan fingerprint density at radius 2 is 1.88 bits per heavy atom. The number of hydrazone groups is 1. The van der Waals surface area contributed by atoms with Crippen LogP contribution in [-0.2, 0) is 0 Å². The van der Waals surface area contributed by atoms with Crippen LogP contribution in [-0.4, -0.2) is 29.1 Å². The second-order valence-electron chi connectivity index (χ2n) is 6.55. The summed E-state index contributed by atoms with van der Waals surface area (Å²) in [6.07, 6.45) is 1.48. The molecule has 4 aromatic rings. The summed E-state index contributed by atoms with van der Waals surface area (Å²) < 4.78 is 19.3. The summed E-state index contributed by atoms with van der Waals surface area (Å²) in [6, 6.07) is 16.4. The fraction of sp³-hybridized carbons (Fsp3) is 0.0455. The van der Waals surface area contributed by atoms with E-state index in [2.05, 4.69) is 10.1 Å². The first-order chi connectivity index (χ1) is 15.4. The van der Waals surface area contributed by atoms with Gasteiger partial charge in [0, 0.05) is 17.7 Å². The Bertz CT molecular complexity index is 1320. The molecule has 0 unspecified atom stereocenters. The number of halogens is 1. The molecule has 0 aliphatic carbocycles. The van der Waals surface area contributed by atoms with Gasteiger partial charge in [-0.3, -0.25) is 14.9 Å². The lowest BCUT2D eigenvalue weighted by Crippen LogP contribution is -2.25. The number of aromatic nitrogens is 1. The van der Waals surface area contributed by atoms with Crippen molar-refractivity contribution in [2.24, 2.45) is 5.10 Å². The summed E-state index contributed by atoms with van der Waals surface area (Å²) in [6.45, 7) is 0. The molecule has 0 aliphatic heterocycles. The summed E-state index contributed by atoms with van der Waals surface area (Å²) in [7, 11) is 1.56. The molecule has 32 heavy (non-hydrogen) atoms. The van der Waals surface area contributed by atoms with Crippen molar-refractivity contribution in [3.05, 3.63) is 93.8 Å². The Hall–Kier alpha value is -4.18. The zero-order valence-electron chi connectivity index (χ0n) is 16.6. The van der Waals surface area contributed by atoms with Crippen LogP contribution in [0.1, 0.15) is 15.9 Å². The number of nitro groups is 1. The molecule has 0 radical (unpaired) electrons. The van der Waals surface area contributed by atoms with Gasteiger partial charge in [-0.1, -0.05) is 11.3 Å². The molecule has 1 aromatic heterocycles. The highest BCUT2D eigenvalue weighted by atomic mass is 32.1. The lowest BCUT2D eigenvalue weighted by atomic mass is 10.2. The summed E-state index contributed by atoms with van der Waals surface area (Å²) in [5, 5.41) is 16.5. The molecule has 0 saturated heterocycles. The summed E-state index contributed by atoms with van der Waals surface area (Å²) in [5.41, 5.74) is 1.28. The minimum atomic E-state index is -0.546. The average molecular weight is 450 g/mol. The van der Waals surface area contributed by atoms with Gasteiger partial charge in [-0.25, -0.2) is 9.37 Å². The Labute approximate surface area is 185 Å². The van der Waals surface area contributed by atoms with Crippen LogP contribution >= 0.6 is 11.3 Å². The number of non-ortho nitro benzene ring substituents is 1. The van der Waals surface area contributed by atoms with Gasteiger partial charge in [0.05, 0.1) is 28.5 Å². The van der Waals surface area contributed by atoms with Crippen molar-refractivity contribution in [2.45, 2.75) is 0 Å². The number of anilines is 1. The van der Waals surface area contributed by atoms with E-state index in [0.717, 1.165) is 16.3 Å². The van der Waals surface area contributed by atoms with Crippen LogP contribution < -0.4 is 9.75 Å². The summed E-state index contributed by atoms with van der Waals surface area (Å²) >= 11 is 1.10. The molecular weight excluding hydrogens is 435 g/mol. The van der Waals surface area contributed by atoms with Crippen LogP contribution in [0.15, 0.2) is 71.8 Å². The number of ether oxygens (including phenoxy) is 1. The number of methoxy groups -OCH3 is 1. The predicted octanol–water partition coefficient (Wildman–Crippen LogP) is 5.03. The first-order valence-electron chi connectivity index (χ1n) is 9.27. The van der Waals surface area contributed by atoms with Crippen molar-refractivity contribution in [1.82, 2.24) is 4.98 Å². The molecule has 8 nitrogen and oxygen atoms in total. The largest absolute Gasteiger partial charge is 0.497 e. The Morgan fingerprint density at radius 3 is 2.53 bits per heavy atom. The second kappa shape index (κ2) is 8.90. The van der Waals surface area contributed by atoms with E-state index in [0.29, 0.717) is 21.5 Å². The van der Waals surface area contributed by atoms with Crippen LogP contribution in [0, 0.1) is 15.9 Å². The van der Waals surface area contributed by atoms with Crippen LogP contribution in [0.25, 0.3) is 10.2 Å². The highest BCUT2D eigenvalue weighted by molar-refractivity contribution is 7.22. The molecule has 3 aromatic carbocycles. The third-order valence-electron chi connectivity index (χ3n) is 4.48. The van der Waals surface area contributed by atoms with E-state index < -0.39 is 16.6 Å². The summed E-state index contributed by atoms with van der Waals surface area (Å²) in [5.74, 6) is -0.277. The number of nitrogens with zero attached hydrogens (tertiary/aromatic N) is 4. The van der Waals surface area contributed by atoms with Gasteiger partial charge in [0.25, 0.3) is 11.6 Å². The highest BCUT2D eigenvalue weighted by Gasteiger charge is 2.22. The molecular formula is C22H15FN4O4S. The monoisotopic (exact) mass is 450 g/mol. The van der Waals surface area contributed by atoms with Gasteiger partial charge < -0.3 is 4.74 Å². The molecule has 10 heteroatoms. The van der Waals surface area contributed by atoms with Crippen molar-refractivity contribution >= 4 is 44.5 Å². The quantitative estimate of drug-likeness (QED) is 0.233. The minimum absolute atomic E-state index is 0.134. The topological polar surface area (TPSA) is 97.9 Å². The first kappa shape index (κ1) is 21.1. The first-order valence-corrected chi connectivity index (χ1v) is 10.1. The lowest BCUT2D eigenvalue weighted by Gasteiger charge is -2.13. The number of hydrogen-bond donors (Lipinski definition) is 0. The Morgan fingerprint density at radius 1 is 1.16 bits per heavy atom. The molecule has 4 rings (SSSR count). The molecule has 0 bridgehead atoms. The highest BCUT2D eigenvalue weighted by Crippen LogP contribution is 2.31. The Kier molecular flexibility index (Phi) is 5.86. The third-order valence-corrected chi connectivity index (χ3v) is 5.47. The van der Waals surface area contributed by atoms with Crippen LogP contribution in [0.2, 0.25) is 0 Å². The number of benzene rings is 3. The third kappa shape index (κ3) is 4.44. The van der Waals surface area contributed by atoms with Crippen LogP contribution in [0.5, 0.6) is 5.75 Å². The van der Waals surface area contributed by atoms with E-state index in [4.69, 9.17) is 4.74 Å². The minimum Gasteiger partial charge on any atom is -0.497 e. The van der Waals surface area contributed by atoms with Crippen molar-refractivity contribution in [1.29, 1.82) is 0 Å². The SMILES string of the molecule is COc1ccc(/C=N/N(C(=O)c2ccc([N+](=O)[O-])cc2)c2nc3ccc(F)cc3s2)cc1. The number of thiazole rings is 1. The maximum atomic E-state index is 13.6. The number of hydrogen-bond acceptors (Lipinski definition) is 7. The van der Waals surface area contributed by atoms with Crippen molar-refractivity contribution in [2.75, 3.05) is 12.1 Å². The molecule has 0 spiro atoms. The van der Waals surface area contributed by atoms with E-state index in [-0.39, 0.29) is 16.4 Å². The number of amides is 1. The molecule has 0 aliphatic rings. The van der Waals surface area contributed by atoms with E-state index in [1.165, 1.54) is 48.7 Å². The van der Waals surface area contributed by atoms with Gasteiger partial charge in [0.1, 0.15) is 11.6 Å². The van der Waals surface area contributed by atoms with Crippen molar-refractivity contribution < 1.29 is 18.8 Å². The standard InChI is InChI=1S/C22H15FN4O4S/c1-31-18-9-2-14(3-10-18)13-24-26(21(28)15-4-7-17(8-5-15)27(29)30)22-25-19-11-6-16(23)12-20(19)32-22/h2-13H,1H3/b24-13+. The van der Waals surface area contributed by atoms with Gasteiger partial charge in [-0.05, 0) is 60.2 Å². The normalized spacial score (nSPS) is 11.1. The molecule has 0 fully saturated rings. The van der Waals surface area contributed by atoms with Crippen molar-refractivity contribution in [3.8, 4) is 5.75 Å². The molecule has 160 valence electrons. The molecule has 0 saturated carbocycles. The smallest absolute Gasteiger partial charge is 0.280 e. The average Bonchev–Trinajstić information content (AvgIpc) is 3.22. The number of carbonyl (C=O) groups excluding carboxylic acids is 1. The number of rotatable bonds is 6. The molecule has 0 atom stereocenters. The number of nitro benzene ring substituents is 1. The summed E-state index contributed by atoms with van der Waals surface area (Å²) in [4.78, 5) is 28.0. The predicted molar refractivity (Wildman–Crippen MR) is 120 cm³/mol. The maximum absolute atomic E-state index is 13.6. The molecule has 0 N–H and O–H groups in total. The van der Waals surface area contributed by atoms with Gasteiger partial charge in [0.15, 0.2) is 0 Å². The van der Waals surface area contributed by atoms with Crippen LogP contribution in [0.3, 0.4) is 0 Å². The Balaban J connectivity index is 1.72. The van der Waals surface area contributed by atoms with E-state index >= 15 is 0 Å². The zero-order chi connectivity index (χ0) is 22.7. The van der Waals surface area contributed by atoms with E-state index in [9.17, 15) is 19.3 Å². The zero-order valence-corrected chi connectivity index (χ0v) is 17.5. The second-order valence-corrected chi connectivity index (χ2v) is 7.56. The van der Waals surface area contributed by atoms with Crippen LogP contribution in [0.4, 0.5) is 15.2 Å². The maximum Gasteiger partial charge on any atom is 0.280 e. The van der Waals surface area contributed by atoms with Crippen molar-refractivity contribution in [3.63, 3.8) is 0 Å². The van der Waals surface area contributed by atoms with Gasteiger partial charge in [-0.2, -0.15) is 10.1 Å². The molecule has 1 amide bonds. The lowest BCUT2D eigenvalue weighted by molar-refractivity contribution is -0.384. The number of fused-ring (bicyclic) bond motifs is 1. The fourth-order valence-electron chi connectivity index (χ4n) is 2.83. The number of carbonyl (C=O) groups is 1. The van der Waals surface area contributed by atoms with E-state index in [1.54, 1.807) is 31.4 Å². The fourth-order valence-corrected chi connectivity index (χ4v) is 3.77.